The summed E-state index contributed by atoms with van der Waals surface area (Å²) < 4.78 is 25.6. The van der Waals surface area contributed by atoms with Crippen LogP contribution in [0, 0.1) is 0 Å². The molecule has 1 heterocycles. The van der Waals surface area contributed by atoms with Crippen molar-refractivity contribution in [3.05, 3.63) is 60.2 Å². The van der Waals surface area contributed by atoms with Crippen LogP contribution < -0.4 is 0 Å². The van der Waals surface area contributed by atoms with E-state index in [1.54, 1.807) is 28.8 Å². The van der Waals surface area contributed by atoms with Crippen molar-refractivity contribution in [2.24, 2.45) is 4.99 Å². The molecule has 1 aliphatic heterocycles. The van der Waals surface area contributed by atoms with Crippen LogP contribution in [0.25, 0.3) is 0 Å². The molecule has 2 aromatic rings. The first-order valence-corrected chi connectivity index (χ1v) is 11.4. The number of benzene rings is 2. The van der Waals surface area contributed by atoms with Crippen LogP contribution in [-0.2, 0) is 10.0 Å². The quantitative estimate of drug-likeness (QED) is 0.745. The first kappa shape index (κ1) is 20.6. The van der Waals surface area contributed by atoms with Crippen molar-refractivity contribution >= 4 is 38.5 Å². The zero-order valence-corrected chi connectivity index (χ0v) is 17.7. The summed E-state index contributed by atoms with van der Waals surface area (Å²) in [6.45, 7) is 2.05. The number of thioether (sulfide) groups is 1. The Bertz CT molecular complexity index is 972. The van der Waals surface area contributed by atoms with Gasteiger partial charge in [-0.05, 0) is 42.8 Å². The minimum absolute atomic E-state index is 0.0603. The van der Waals surface area contributed by atoms with Gasteiger partial charge in [0, 0.05) is 31.5 Å². The highest BCUT2D eigenvalue weighted by Crippen LogP contribution is 2.30. The van der Waals surface area contributed by atoms with Crippen molar-refractivity contribution in [3.8, 4) is 0 Å². The number of nitrogens with zero attached hydrogens (tertiary/aromatic N) is 3. The molecule has 1 amide bonds. The zero-order valence-electron chi connectivity index (χ0n) is 16.1. The van der Waals surface area contributed by atoms with E-state index < -0.39 is 10.0 Å². The molecule has 0 N–H and O–H groups in total. The number of hydrogen-bond donors (Lipinski definition) is 0. The van der Waals surface area contributed by atoms with Gasteiger partial charge in [0.05, 0.1) is 10.6 Å². The predicted molar refractivity (Wildman–Crippen MR) is 114 cm³/mol. The third-order valence-corrected chi connectivity index (χ3v) is 7.45. The van der Waals surface area contributed by atoms with Crippen LogP contribution in [0.1, 0.15) is 23.7 Å². The third-order valence-electron chi connectivity index (χ3n) is 4.53. The van der Waals surface area contributed by atoms with E-state index in [4.69, 9.17) is 0 Å². The monoisotopic (exact) mass is 417 g/mol. The van der Waals surface area contributed by atoms with Crippen molar-refractivity contribution in [2.45, 2.75) is 24.3 Å². The van der Waals surface area contributed by atoms with Crippen molar-refractivity contribution < 1.29 is 13.2 Å². The van der Waals surface area contributed by atoms with E-state index in [9.17, 15) is 13.2 Å². The molecule has 28 heavy (non-hydrogen) atoms. The lowest BCUT2D eigenvalue weighted by Crippen LogP contribution is -2.39. The Kier molecular flexibility index (Phi) is 6.22. The number of rotatable bonds is 5. The maximum absolute atomic E-state index is 13.2. The summed E-state index contributed by atoms with van der Waals surface area (Å²) in [5.74, 6) is 0.626. The maximum atomic E-state index is 13.2. The lowest BCUT2D eigenvalue weighted by molar-refractivity contribution is 0.0819. The lowest BCUT2D eigenvalue weighted by atomic mass is 10.1. The molecule has 0 radical (unpaired) electrons. The average Bonchev–Trinajstić information content (AvgIpc) is 3.10. The summed E-state index contributed by atoms with van der Waals surface area (Å²) in [5.41, 5.74) is 1.24. The molecule has 2 aromatic carbocycles. The Morgan fingerprint density at radius 2 is 1.79 bits per heavy atom. The molecule has 0 spiro atoms. The van der Waals surface area contributed by atoms with Crippen LogP contribution in [0.2, 0.25) is 0 Å². The molecule has 0 saturated carbocycles. The second-order valence-corrected chi connectivity index (χ2v) is 9.73. The van der Waals surface area contributed by atoms with Crippen molar-refractivity contribution in [1.29, 1.82) is 0 Å². The fourth-order valence-corrected chi connectivity index (χ4v) is 5.01. The van der Waals surface area contributed by atoms with Crippen molar-refractivity contribution in [1.82, 2.24) is 9.21 Å². The molecule has 1 fully saturated rings. The summed E-state index contributed by atoms with van der Waals surface area (Å²) in [5, 5.41) is 0.674. The topological polar surface area (TPSA) is 70.0 Å². The summed E-state index contributed by atoms with van der Waals surface area (Å²) in [4.78, 5) is 19.7. The number of sulfonamides is 1. The largest absolute Gasteiger partial charge is 0.283 e. The van der Waals surface area contributed by atoms with Crippen LogP contribution in [0.5, 0.6) is 0 Å². The molecule has 0 unspecified atom stereocenters. The van der Waals surface area contributed by atoms with Gasteiger partial charge in [-0.1, -0.05) is 36.9 Å². The summed E-state index contributed by atoms with van der Waals surface area (Å²) in [7, 11) is -0.564. The van der Waals surface area contributed by atoms with Crippen LogP contribution in [0.3, 0.4) is 0 Å². The standard InChI is InChI=1S/C20H23N3O3S2/c1-4-17-14-27-20(21-16-8-6-5-7-9-16)23(17)19(24)15-10-12-18(13-11-15)28(25,26)22(2)3/h5-13,17H,4,14H2,1-3H3/t17-/m0/s1. The molecular weight excluding hydrogens is 394 g/mol. The maximum Gasteiger partial charge on any atom is 0.260 e. The Labute approximate surface area is 170 Å². The highest BCUT2D eigenvalue weighted by molar-refractivity contribution is 8.14. The van der Waals surface area contributed by atoms with Gasteiger partial charge in [-0.25, -0.2) is 17.7 Å². The van der Waals surface area contributed by atoms with Crippen LogP contribution in [0.15, 0.2) is 64.5 Å². The molecular formula is C20H23N3O3S2. The van der Waals surface area contributed by atoms with E-state index in [2.05, 4.69) is 4.99 Å². The van der Waals surface area contributed by atoms with Crippen molar-refractivity contribution in [3.63, 3.8) is 0 Å². The summed E-state index contributed by atoms with van der Waals surface area (Å²) >= 11 is 1.56. The van der Waals surface area contributed by atoms with Crippen LogP contribution in [0.4, 0.5) is 5.69 Å². The minimum Gasteiger partial charge on any atom is -0.283 e. The normalized spacial score (nSPS) is 18.8. The van der Waals surface area contributed by atoms with Gasteiger partial charge in [-0.2, -0.15) is 0 Å². The van der Waals surface area contributed by atoms with Gasteiger partial charge < -0.3 is 0 Å². The van der Waals surface area contributed by atoms with Gasteiger partial charge in [-0.3, -0.25) is 9.69 Å². The zero-order chi connectivity index (χ0) is 20.3. The number of hydrogen-bond acceptors (Lipinski definition) is 5. The molecule has 1 aliphatic rings. The summed E-state index contributed by atoms with van der Waals surface area (Å²) in [6, 6.07) is 15.7. The van der Waals surface area contributed by atoms with Crippen LogP contribution in [-0.4, -0.2) is 54.6 Å². The first-order chi connectivity index (χ1) is 13.3. The van der Waals surface area contributed by atoms with E-state index in [-0.39, 0.29) is 16.8 Å². The second kappa shape index (κ2) is 8.46. The van der Waals surface area contributed by atoms with Gasteiger partial charge in [-0.15, -0.1) is 0 Å². The molecule has 148 valence electrons. The molecule has 8 heteroatoms. The Balaban J connectivity index is 1.91. The number of carbonyl (C=O) groups is 1. The fourth-order valence-electron chi connectivity index (χ4n) is 2.84. The Hall–Kier alpha value is -2.16. The SMILES string of the molecule is CC[C@H]1CSC(=Nc2ccccc2)N1C(=O)c1ccc(S(=O)(=O)N(C)C)cc1. The molecule has 0 aliphatic carbocycles. The highest BCUT2D eigenvalue weighted by Gasteiger charge is 2.34. The van der Waals surface area contributed by atoms with E-state index in [1.165, 1.54) is 26.2 Å². The molecule has 0 aromatic heterocycles. The summed E-state index contributed by atoms with van der Waals surface area (Å²) in [6.07, 6.45) is 0.819. The second-order valence-electron chi connectivity index (χ2n) is 6.59. The number of carbonyl (C=O) groups excluding carboxylic acids is 1. The lowest BCUT2D eigenvalue weighted by Gasteiger charge is -2.23. The highest BCUT2D eigenvalue weighted by atomic mass is 32.2. The van der Waals surface area contributed by atoms with E-state index in [0.717, 1.165) is 22.2 Å². The van der Waals surface area contributed by atoms with Gasteiger partial charge in [0.2, 0.25) is 10.0 Å². The molecule has 0 bridgehead atoms. The van der Waals surface area contributed by atoms with E-state index in [1.807, 2.05) is 37.3 Å². The smallest absolute Gasteiger partial charge is 0.260 e. The number of amidine groups is 1. The van der Waals surface area contributed by atoms with Crippen LogP contribution >= 0.6 is 11.8 Å². The minimum atomic E-state index is -3.52. The van der Waals surface area contributed by atoms with Gasteiger partial charge in [0.15, 0.2) is 5.17 Å². The third kappa shape index (κ3) is 4.14. The molecule has 3 rings (SSSR count). The van der Waals surface area contributed by atoms with Gasteiger partial charge in [0.25, 0.3) is 5.91 Å². The number of aliphatic imine (C=N–C) groups is 1. The molecule has 6 nitrogen and oxygen atoms in total. The van der Waals surface area contributed by atoms with Gasteiger partial charge in [0.1, 0.15) is 0 Å². The predicted octanol–water partition coefficient (Wildman–Crippen LogP) is 3.59. The number of amides is 1. The Morgan fingerprint density at radius 3 is 2.36 bits per heavy atom. The Morgan fingerprint density at radius 1 is 1.14 bits per heavy atom. The van der Waals surface area contributed by atoms with Gasteiger partial charge >= 0.3 is 0 Å². The average molecular weight is 418 g/mol. The van der Waals surface area contributed by atoms with Crippen molar-refractivity contribution in [2.75, 3.05) is 19.8 Å². The fraction of sp³-hybridized carbons (Fsp3) is 0.300. The molecule has 1 atom stereocenters. The van der Waals surface area contributed by atoms with E-state index in [0.29, 0.717) is 10.7 Å². The number of para-hydroxylation sites is 1. The van der Waals surface area contributed by atoms with E-state index >= 15 is 0 Å². The molecule has 1 saturated heterocycles. The first-order valence-electron chi connectivity index (χ1n) is 8.97.